The molecule has 0 radical (unpaired) electrons. The van der Waals surface area contributed by atoms with Gasteiger partial charge in [0, 0.05) is 18.9 Å². The van der Waals surface area contributed by atoms with Gasteiger partial charge in [-0.05, 0) is 48.4 Å². The van der Waals surface area contributed by atoms with Gasteiger partial charge in [-0.2, -0.15) is 0 Å². The molecule has 2 rings (SSSR count). The van der Waals surface area contributed by atoms with Gasteiger partial charge in [0.15, 0.2) is 0 Å². The van der Waals surface area contributed by atoms with Gasteiger partial charge in [0.2, 0.25) is 0 Å². The second-order valence-corrected chi connectivity index (χ2v) is 4.99. The molecular weight excluding hydrogens is 272 g/mol. The molecule has 0 fully saturated rings. The zero-order valence-corrected chi connectivity index (χ0v) is 12.4. The summed E-state index contributed by atoms with van der Waals surface area (Å²) in [6.07, 6.45) is 4.63. The molecule has 0 spiro atoms. The van der Waals surface area contributed by atoms with E-state index in [1.807, 2.05) is 30.3 Å². The third kappa shape index (κ3) is 4.51. The molecule has 0 aliphatic carbocycles. The maximum atomic E-state index is 6.24. The maximum Gasteiger partial charge on any atom is 0.138 e. The second-order valence-electron chi connectivity index (χ2n) is 4.59. The number of ether oxygens (including phenoxy) is 1. The van der Waals surface area contributed by atoms with Crippen LogP contribution < -0.4 is 10.1 Å². The van der Waals surface area contributed by atoms with E-state index >= 15 is 0 Å². The van der Waals surface area contributed by atoms with Crippen LogP contribution in [-0.2, 0) is 13.2 Å². The molecule has 2 aromatic rings. The zero-order chi connectivity index (χ0) is 14.2. The fourth-order valence-corrected chi connectivity index (χ4v) is 2.08. The Morgan fingerprint density at radius 3 is 2.65 bits per heavy atom. The van der Waals surface area contributed by atoms with E-state index in [0.29, 0.717) is 17.4 Å². The molecule has 3 nitrogen and oxygen atoms in total. The Kier molecular flexibility index (Phi) is 5.84. The van der Waals surface area contributed by atoms with Crippen LogP contribution in [0.2, 0.25) is 5.02 Å². The monoisotopic (exact) mass is 290 g/mol. The molecular formula is C16H19ClN2O. The van der Waals surface area contributed by atoms with Crippen LogP contribution in [0, 0.1) is 0 Å². The fraction of sp³-hybridized carbons (Fsp3) is 0.312. The largest absolute Gasteiger partial charge is 0.487 e. The highest BCUT2D eigenvalue weighted by Crippen LogP contribution is 2.26. The van der Waals surface area contributed by atoms with Crippen molar-refractivity contribution in [3.63, 3.8) is 0 Å². The lowest BCUT2D eigenvalue weighted by atomic mass is 10.2. The Morgan fingerprint density at radius 1 is 1.15 bits per heavy atom. The first-order chi connectivity index (χ1) is 9.79. The normalized spacial score (nSPS) is 10.5. The highest BCUT2D eigenvalue weighted by atomic mass is 35.5. The number of hydrogen-bond donors (Lipinski definition) is 1. The molecule has 0 amide bonds. The lowest BCUT2D eigenvalue weighted by Crippen LogP contribution is -2.13. The first-order valence-corrected chi connectivity index (χ1v) is 7.18. The van der Waals surface area contributed by atoms with Crippen molar-refractivity contribution in [2.24, 2.45) is 0 Å². The third-order valence-corrected chi connectivity index (χ3v) is 3.19. The van der Waals surface area contributed by atoms with Gasteiger partial charge in [0.25, 0.3) is 0 Å². The topological polar surface area (TPSA) is 34.1 Å². The van der Waals surface area contributed by atoms with E-state index in [9.17, 15) is 0 Å². The summed E-state index contributed by atoms with van der Waals surface area (Å²) in [6, 6.07) is 9.77. The Labute approximate surface area is 124 Å². The molecule has 0 bridgehead atoms. The van der Waals surface area contributed by atoms with Crippen LogP contribution in [-0.4, -0.2) is 11.5 Å². The minimum absolute atomic E-state index is 0.496. The average molecular weight is 291 g/mol. The van der Waals surface area contributed by atoms with E-state index in [4.69, 9.17) is 16.3 Å². The van der Waals surface area contributed by atoms with E-state index in [1.54, 1.807) is 12.4 Å². The van der Waals surface area contributed by atoms with Gasteiger partial charge >= 0.3 is 0 Å². The smallest absolute Gasteiger partial charge is 0.138 e. The Morgan fingerprint density at radius 2 is 1.95 bits per heavy atom. The zero-order valence-electron chi connectivity index (χ0n) is 11.6. The van der Waals surface area contributed by atoms with Crippen LogP contribution in [0.15, 0.2) is 42.7 Å². The Hall–Kier alpha value is -1.58. The fourth-order valence-electron chi connectivity index (χ4n) is 1.82. The van der Waals surface area contributed by atoms with Crippen LogP contribution in [0.4, 0.5) is 0 Å². The SMILES string of the molecule is CCCNCc1ccc(OCc2ccncc2)c(Cl)c1. The molecule has 4 heteroatoms. The first kappa shape index (κ1) is 14.8. The van der Waals surface area contributed by atoms with E-state index in [2.05, 4.69) is 17.2 Å². The average Bonchev–Trinajstić information content (AvgIpc) is 2.48. The lowest BCUT2D eigenvalue weighted by Gasteiger charge is -2.10. The van der Waals surface area contributed by atoms with Gasteiger partial charge in [0.05, 0.1) is 5.02 Å². The van der Waals surface area contributed by atoms with Gasteiger partial charge < -0.3 is 10.1 Å². The van der Waals surface area contributed by atoms with Gasteiger partial charge in [-0.15, -0.1) is 0 Å². The maximum absolute atomic E-state index is 6.24. The lowest BCUT2D eigenvalue weighted by molar-refractivity contribution is 0.306. The number of rotatable bonds is 7. The van der Waals surface area contributed by atoms with Crippen LogP contribution in [0.25, 0.3) is 0 Å². The first-order valence-electron chi connectivity index (χ1n) is 6.80. The van der Waals surface area contributed by atoms with E-state index in [0.717, 1.165) is 25.1 Å². The summed E-state index contributed by atoms with van der Waals surface area (Å²) in [6.45, 7) is 4.49. The highest BCUT2D eigenvalue weighted by Gasteiger charge is 2.03. The quantitative estimate of drug-likeness (QED) is 0.787. The number of pyridine rings is 1. The van der Waals surface area contributed by atoms with E-state index in [1.165, 1.54) is 5.56 Å². The molecule has 1 aromatic carbocycles. The van der Waals surface area contributed by atoms with Crippen LogP contribution in [0.3, 0.4) is 0 Å². The summed E-state index contributed by atoms with van der Waals surface area (Å²) in [5, 5.41) is 4.00. The Bertz CT molecular complexity index is 531. The number of halogens is 1. The Balaban J connectivity index is 1.92. The van der Waals surface area contributed by atoms with Crippen molar-refractivity contribution < 1.29 is 4.74 Å². The number of aromatic nitrogens is 1. The van der Waals surface area contributed by atoms with Gasteiger partial charge in [-0.25, -0.2) is 0 Å². The molecule has 0 aliphatic heterocycles. The molecule has 1 heterocycles. The summed E-state index contributed by atoms with van der Waals surface area (Å²) >= 11 is 6.24. The summed E-state index contributed by atoms with van der Waals surface area (Å²) in [5.41, 5.74) is 2.24. The van der Waals surface area contributed by atoms with Gasteiger partial charge in [-0.1, -0.05) is 24.6 Å². The van der Waals surface area contributed by atoms with Crippen molar-refractivity contribution in [1.82, 2.24) is 10.3 Å². The molecule has 106 valence electrons. The van der Waals surface area contributed by atoms with Crippen molar-refractivity contribution in [2.75, 3.05) is 6.54 Å². The van der Waals surface area contributed by atoms with E-state index in [-0.39, 0.29) is 0 Å². The molecule has 0 aliphatic rings. The van der Waals surface area contributed by atoms with Crippen molar-refractivity contribution in [3.05, 3.63) is 58.9 Å². The van der Waals surface area contributed by atoms with Gasteiger partial charge in [-0.3, -0.25) is 4.98 Å². The second kappa shape index (κ2) is 7.88. The number of nitrogens with one attached hydrogen (secondary N) is 1. The number of hydrogen-bond acceptors (Lipinski definition) is 3. The summed E-state index contributed by atoms with van der Waals surface area (Å²) in [5.74, 6) is 0.711. The molecule has 20 heavy (non-hydrogen) atoms. The highest BCUT2D eigenvalue weighted by molar-refractivity contribution is 6.32. The molecule has 0 saturated heterocycles. The number of nitrogens with zero attached hydrogens (tertiary/aromatic N) is 1. The summed E-state index contributed by atoms with van der Waals surface area (Å²) in [7, 11) is 0. The van der Waals surface area contributed by atoms with Crippen molar-refractivity contribution in [2.45, 2.75) is 26.5 Å². The van der Waals surface area contributed by atoms with Crippen molar-refractivity contribution >= 4 is 11.6 Å². The predicted molar refractivity (Wildman–Crippen MR) is 82.0 cm³/mol. The molecule has 1 N–H and O–H groups in total. The molecule has 0 saturated carbocycles. The summed E-state index contributed by atoms with van der Waals surface area (Å²) in [4.78, 5) is 3.98. The number of benzene rings is 1. The van der Waals surface area contributed by atoms with Crippen LogP contribution >= 0.6 is 11.6 Å². The van der Waals surface area contributed by atoms with Gasteiger partial charge in [0.1, 0.15) is 12.4 Å². The molecule has 0 atom stereocenters. The molecule has 1 aromatic heterocycles. The minimum Gasteiger partial charge on any atom is -0.487 e. The van der Waals surface area contributed by atoms with Crippen LogP contribution in [0.1, 0.15) is 24.5 Å². The standard InChI is InChI=1S/C16H19ClN2O/c1-2-7-19-11-14-3-4-16(15(17)10-14)20-12-13-5-8-18-9-6-13/h3-6,8-10,19H,2,7,11-12H2,1H3. The van der Waals surface area contributed by atoms with E-state index < -0.39 is 0 Å². The van der Waals surface area contributed by atoms with Crippen LogP contribution in [0.5, 0.6) is 5.75 Å². The summed E-state index contributed by atoms with van der Waals surface area (Å²) < 4.78 is 5.72. The van der Waals surface area contributed by atoms with Crippen molar-refractivity contribution in [1.29, 1.82) is 0 Å². The molecule has 0 unspecified atom stereocenters. The minimum atomic E-state index is 0.496. The predicted octanol–water partition coefficient (Wildman–Crippen LogP) is 3.81. The third-order valence-electron chi connectivity index (χ3n) is 2.90. The van der Waals surface area contributed by atoms with Crippen molar-refractivity contribution in [3.8, 4) is 5.75 Å².